The summed E-state index contributed by atoms with van der Waals surface area (Å²) in [7, 11) is -3.65. The number of nitrogens with one attached hydrogen (secondary N) is 1. The van der Waals surface area contributed by atoms with Crippen molar-refractivity contribution in [1.82, 2.24) is 9.29 Å². The molecule has 162 valence electrons. The molecule has 1 unspecified atom stereocenters. The minimum absolute atomic E-state index is 0.0639. The zero-order valence-corrected chi connectivity index (χ0v) is 18.1. The van der Waals surface area contributed by atoms with Gasteiger partial charge in [0.15, 0.2) is 0 Å². The Morgan fingerprint density at radius 3 is 2.53 bits per heavy atom. The Hall–Kier alpha value is -3.42. The summed E-state index contributed by atoms with van der Waals surface area (Å²) >= 11 is 0. The largest absolute Gasteiger partial charge is 0.362 e. The minimum atomic E-state index is -3.65. The van der Waals surface area contributed by atoms with Crippen LogP contribution in [0.3, 0.4) is 0 Å². The zero-order chi connectivity index (χ0) is 22.1. The zero-order valence-electron chi connectivity index (χ0n) is 17.3. The molecule has 0 radical (unpaired) electrons. The van der Waals surface area contributed by atoms with E-state index < -0.39 is 10.0 Å². The number of ether oxygens (including phenoxy) is 1. The van der Waals surface area contributed by atoms with Crippen LogP contribution in [0.1, 0.15) is 22.8 Å². The third-order valence-corrected chi connectivity index (χ3v) is 7.42. The number of fused-ring (bicyclic) bond motifs is 1. The third kappa shape index (κ3) is 3.81. The van der Waals surface area contributed by atoms with Crippen molar-refractivity contribution in [3.8, 4) is 0 Å². The summed E-state index contributed by atoms with van der Waals surface area (Å²) in [5.74, 6) is -0.0980. The van der Waals surface area contributed by atoms with E-state index in [9.17, 15) is 13.2 Å². The van der Waals surface area contributed by atoms with Crippen molar-refractivity contribution in [2.45, 2.75) is 17.4 Å². The van der Waals surface area contributed by atoms with Crippen molar-refractivity contribution in [2.24, 2.45) is 0 Å². The van der Waals surface area contributed by atoms with Gasteiger partial charge in [0.1, 0.15) is 12.7 Å². The van der Waals surface area contributed by atoms with Gasteiger partial charge in [-0.3, -0.25) is 4.79 Å². The van der Waals surface area contributed by atoms with E-state index in [1.165, 1.54) is 3.97 Å². The second kappa shape index (κ2) is 8.26. The highest BCUT2D eigenvalue weighted by Gasteiger charge is 2.22. The summed E-state index contributed by atoms with van der Waals surface area (Å²) in [5, 5.41) is 3.71. The molecule has 2 heterocycles. The monoisotopic (exact) mass is 446 g/mol. The van der Waals surface area contributed by atoms with Crippen LogP contribution in [0.4, 0.5) is 0 Å². The smallest absolute Gasteiger partial charge is 0.268 e. The van der Waals surface area contributed by atoms with E-state index in [0.717, 1.165) is 22.1 Å². The average molecular weight is 447 g/mol. The Bertz CT molecular complexity index is 1380. The first-order valence-electron chi connectivity index (χ1n) is 10.4. The van der Waals surface area contributed by atoms with Gasteiger partial charge >= 0.3 is 0 Å². The Morgan fingerprint density at radius 2 is 1.75 bits per heavy atom. The Morgan fingerprint density at radius 1 is 0.969 bits per heavy atom. The molecular weight excluding hydrogens is 424 g/mol. The second-order valence-electron chi connectivity index (χ2n) is 7.80. The standard InChI is InChI=1S/C25H22N2O4S/c28-25-17-31-24(16-26-25)22-9-5-4-6-19(22)14-18-10-11-23-20(15-18)12-13-27(23)32(29,30)21-7-2-1-3-8-21/h1-13,15,24H,14,16-17H2,(H,26,28). The number of benzene rings is 3. The fraction of sp³-hybridized carbons (Fsp3) is 0.160. The topological polar surface area (TPSA) is 77.4 Å². The van der Waals surface area contributed by atoms with Gasteiger partial charge in [-0.2, -0.15) is 0 Å². The van der Waals surface area contributed by atoms with Crippen molar-refractivity contribution in [1.29, 1.82) is 0 Å². The molecule has 0 spiro atoms. The van der Waals surface area contributed by atoms with Gasteiger partial charge in [0.2, 0.25) is 5.91 Å². The summed E-state index contributed by atoms with van der Waals surface area (Å²) in [6.45, 7) is 0.517. The van der Waals surface area contributed by atoms with E-state index in [1.54, 1.807) is 36.5 Å². The highest BCUT2D eigenvalue weighted by molar-refractivity contribution is 7.90. The number of hydrogen-bond donors (Lipinski definition) is 1. The first kappa shape index (κ1) is 20.5. The van der Waals surface area contributed by atoms with Gasteiger partial charge in [-0.05, 0) is 53.4 Å². The molecule has 0 saturated carbocycles. The van der Waals surface area contributed by atoms with Crippen molar-refractivity contribution in [3.63, 3.8) is 0 Å². The first-order valence-corrected chi connectivity index (χ1v) is 11.8. The fourth-order valence-corrected chi connectivity index (χ4v) is 5.49. The lowest BCUT2D eigenvalue weighted by molar-refractivity contribution is -0.133. The van der Waals surface area contributed by atoms with Gasteiger partial charge in [0.25, 0.3) is 10.0 Å². The van der Waals surface area contributed by atoms with Crippen LogP contribution in [-0.2, 0) is 26.0 Å². The lowest BCUT2D eigenvalue weighted by Gasteiger charge is -2.25. The summed E-state index contributed by atoms with van der Waals surface area (Å²) < 4.78 is 33.1. The highest BCUT2D eigenvalue weighted by atomic mass is 32.2. The molecule has 1 amide bonds. The van der Waals surface area contributed by atoms with Crippen molar-refractivity contribution >= 4 is 26.8 Å². The van der Waals surface area contributed by atoms with E-state index in [-0.39, 0.29) is 23.5 Å². The number of aromatic nitrogens is 1. The second-order valence-corrected chi connectivity index (χ2v) is 9.62. The molecule has 1 fully saturated rings. The number of carbonyl (C=O) groups excluding carboxylic acids is 1. The number of amides is 1. The van der Waals surface area contributed by atoms with Crippen LogP contribution in [0.25, 0.3) is 10.9 Å². The number of hydrogen-bond acceptors (Lipinski definition) is 4. The van der Waals surface area contributed by atoms with Crippen LogP contribution in [0.2, 0.25) is 0 Å². The van der Waals surface area contributed by atoms with Gasteiger partial charge in [-0.1, -0.05) is 48.5 Å². The van der Waals surface area contributed by atoms with Crippen LogP contribution in [-0.4, -0.2) is 31.4 Å². The number of rotatable bonds is 5. The molecule has 7 heteroatoms. The van der Waals surface area contributed by atoms with E-state index in [2.05, 4.69) is 11.4 Å². The van der Waals surface area contributed by atoms with Crippen LogP contribution in [0.15, 0.2) is 90.0 Å². The number of carbonyl (C=O) groups is 1. The van der Waals surface area contributed by atoms with E-state index in [0.29, 0.717) is 18.5 Å². The molecule has 4 aromatic rings. The van der Waals surface area contributed by atoms with Crippen molar-refractivity contribution in [2.75, 3.05) is 13.2 Å². The lowest BCUT2D eigenvalue weighted by atomic mass is 9.95. The predicted molar refractivity (Wildman–Crippen MR) is 122 cm³/mol. The van der Waals surface area contributed by atoms with Gasteiger partial charge in [-0.15, -0.1) is 0 Å². The van der Waals surface area contributed by atoms with Gasteiger partial charge in [0.05, 0.1) is 10.4 Å². The SMILES string of the molecule is O=C1COC(c2ccccc2Cc2ccc3c(ccn3S(=O)(=O)c3ccccc3)c2)CN1. The molecule has 5 rings (SSSR count). The lowest BCUT2D eigenvalue weighted by Crippen LogP contribution is -2.39. The molecule has 0 aliphatic carbocycles. The quantitative estimate of drug-likeness (QED) is 0.508. The molecule has 1 aromatic heterocycles. The maximum Gasteiger partial charge on any atom is 0.268 e. The molecule has 1 saturated heterocycles. The maximum absolute atomic E-state index is 13.0. The van der Waals surface area contributed by atoms with Crippen LogP contribution < -0.4 is 5.32 Å². The first-order chi connectivity index (χ1) is 15.5. The van der Waals surface area contributed by atoms with E-state index >= 15 is 0 Å². The van der Waals surface area contributed by atoms with Crippen LogP contribution in [0, 0.1) is 0 Å². The summed E-state index contributed by atoms with van der Waals surface area (Å²) in [5.41, 5.74) is 3.88. The molecule has 1 N–H and O–H groups in total. The van der Waals surface area contributed by atoms with E-state index in [4.69, 9.17) is 4.74 Å². The maximum atomic E-state index is 13.0. The number of morpholine rings is 1. The average Bonchev–Trinajstić information content (AvgIpc) is 3.25. The summed E-state index contributed by atoms with van der Waals surface area (Å²) in [6.07, 6.45) is 2.10. The van der Waals surface area contributed by atoms with Crippen LogP contribution >= 0.6 is 0 Å². The normalized spacial score (nSPS) is 16.8. The third-order valence-electron chi connectivity index (χ3n) is 5.72. The predicted octanol–water partition coefficient (Wildman–Crippen LogP) is 3.66. The van der Waals surface area contributed by atoms with Crippen molar-refractivity contribution in [3.05, 3.63) is 102 Å². The molecular formula is C25H22N2O4S. The molecule has 1 aliphatic heterocycles. The van der Waals surface area contributed by atoms with E-state index in [1.807, 2.05) is 42.5 Å². The molecule has 32 heavy (non-hydrogen) atoms. The molecule has 1 aliphatic rings. The van der Waals surface area contributed by atoms with Gasteiger partial charge in [-0.25, -0.2) is 12.4 Å². The number of nitrogens with zero attached hydrogens (tertiary/aromatic N) is 1. The Balaban J connectivity index is 1.45. The molecule has 3 aromatic carbocycles. The summed E-state index contributed by atoms with van der Waals surface area (Å²) in [4.78, 5) is 11.7. The fourth-order valence-electron chi connectivity index (χ4n) is 4.11. The molecule has 1 atom stereocenters. The van der Waals surface area contributed by atoms with Gasteiger partial charge < -0.3 is 10.1 Å². The van der Waals surface area contributed by atoms with Crippen molar-refractivity contribution < 1.29 is 17.9 Å². The molecule has 0 bridgehead atoms. The molecule has 6 nitrogen and oxygen atoms in total. The van der Waals surface area contributed by atoms with Crippen LogP contribution in [0.5, 0.6) is 0 Å². The highest BCUT2D eigenvalue weighted by Crippen LogP contribution is 2.27. The minimum Gasteiger partial charge on any atom is -0.362 e. The van der Waals surface area contributed by atoms with Gasteiger partial charge in [0, 0.05) is 18.1 Å². The summed E-state index contributed by atoms with van der Waals surface area (Å²) in [6, 6.07) is 24.1. The Kier molecular flexibility index (Phi) is 5.28. The Labute approximate surface area is 186 Å².